The fourth-order valence-corrected chi connectivity index (χ4v) is 4.81. The van der Waals surface area contributed by atoms with Gasteiger partial charge in [-0.05, 0) is 50.5 Å². The zero-order valence-corrected chi connectivity index (χ0v) is 14.5. The quantitative estimate of drug-likeness (QED) is 0.904. The molecule has 24 heavy (non-hydrogen) atoms. The van der Waals surface area contributed by atoms with Gasteiger partial charge in [0.25, 0.3) is 0 Å². The summed E-state index contributed by atoms with van der Waals surface area (Å²) in [5.41, 5.74) is 1.71. The van der Waals surface area contributed by atoms with Crippen LogP contribution in [0.3, 0.4) is 0 Å². The molecule has 1 aliphatic rings. The molecule has 0 spiro atoms. The zero-order valence-electron chi connectivity index (χ0n) is 13.7. The van der Waals surface area contributed by atoms with Gasteiger partial charge in [-0.25, -0.2) is 8.42 Å². The summed E-state index contributed by atoms with van der Waals surface area (Å²) in [7, 11) is -3.70. The van der Waals surface area contributed by atoms with Gasteiger partial charge in [-0.1, -0.05) is 24.3 Å². The van der Waals surface area contributed by atoms with E-state index >= 15 is 0 Å². The topological polar surface area (TPSA) is 76.1 Å². The average molecular weight is 344 g/mol. The van der Waals surface area contributed by atoms with Crippen LogP contribution in [0.2, 0.25) is 0 Å². The van der Waals surface area contributed by atoms with Crippen molar-refractivity contribution in [2.24, 2.45) is 0 Å². The van der Waals surface area contributed by atoms with Crippen LogP contribution in [0.15, 0.2) is 53.6 Å². The molecule has 5 nitrogen and oxygen atoms in total. The van der Waals surface area contributed by atoms with Gasteiger partial charge in [0.15, 0.2) is 14.6 Å². The minimum Gasteiger partial charge on any atom is -0.347 e. The van der Waals surface area contributed by atoms with Crippen molar-refractivity contribution in [3.05, 3.63) is 59.9 Å². The molecule has 0 aliphatic heterocycles. The number of hydrogen-bond donors (Lipinski definition) is 1. The van der Waals surface area contributed by atoms with Crippen molar-refractivity contribution in [2.45, 2.75) is 42.4 Å². The molecule has 1 aromatic carbocycles. The number of pyridine rings is 1. The molecule has 0 bridgehead atoms. The maximum atomic E-state index is 12.9. The number of carbonyl (C=O) groups excluding carboxylic acids is 1. The highest BCUT2D eigenvalue weighted by molar-refractivity contribution is 7.94. The number of nitrogens with zero attached hydrogens (tertiary/aromatic N) is 1. The van der Waals surface area contributed by atoms with Gasteiger partial charge in [0.05, 0.1) is 16.6 Å². The Labute approximate surface area is 142 Å². The van der Waals surface area contributed by atoms with Gasteiger partial charge in [-0.15, -0.1) is 0 Å². The molecule has 1 aliphatic carbocycles. The third kappa shape index (κ3) is 2.71. The smallest absolute Gasteiger partial charge is 0.242 e. The predicted molar refractivity (Wildman–Crippen MR) is 91.1 cm³/mol. The van der Waals surface area contributed by atoms with Crippen LogP contribution in [-0.4, -0.2) is 24.1 Å². The number of nitrogens with one attached hydrogen (secondary N) is 1. The molecule has 0 unspecified atom stereocenters. The monoisotopic (exact) mass is 344 g/mol. The molecular weight excluding hydrogens is 324 g/mol. The Bertz CT molecular complexity index is 859. The van der Waals surface area contributed by atoms with E-state index in [0.717, 1.165) is 11.3 Å². The molecule has 126 valence electrons. The van der Waals surface area contributed by atoms with Crippen molar-refractivity contribution in [3.8, 4) is 0 Å². The van der Waals surface area contributed by atoms with Crippen LogP contribution in [0.4, 0.5) is 0 Å². The van der Waals surface area contributed by atoms with Gasteiger partial charge >= 0.3 is 0 Å². The van der Waals surface area contributed by atoms with Crippen LogP contribution in [0, 0.1) is 6.92 Å². The fourth-order valence-electron chi connectivity index (χ4n) is 2.90. The number of benzene rings is 1. The van der Waals surface area contributed by atoms with Crippen LogP contribution in [0.25, 0.3) is 0 Å². The number of aryl methyl sites for hydroxylation is 1. The van der Waals surface area contributed by atoms with E-state index in [4.69, 9.17) is 0 Å². The molecule has 2 aromatic rings. The van der Waals surface area contributed by atoms with Gasteiger partial charge in [0.1, 0.15) is 0 Å². The molecule has 0 radical (unpaired) electrons. The highest BCUT2D eigenvalue weighted by atomic mass is 32.2. The number of carbonyl (C=O) groups is 1. The summed E-state index contributed by atoms with van der Waals surface area (Å²) < 4.78 is 24.4. The highest BCUT2D eigenvalue weighted by Gasteiger charge is 2.61. The first kappa shape index (κ1) is 16.6. The van der Waals surface area contributed by atoms with E-state index in [2.05, 4.69) is 10.3 Å². The second-order valence-electron chi connectivity index (χ2n) is 6.21. The van der Waals surface area contributed by atoms with Gasteiger partial charge < -0.3 is 5.32 Å². The largest absolute Gasteiger partial charge is 0.347 e. The lowest BCUT2D eigenvalue weighted by Crippen LogP contribution is -2.43. The number of aromatic nitrogens is 1. The van der Waals surface area contributed by atoms with Gasteiger partial charge in [-0.3, -0.25) is 9.78 Å². The van der Waals surface area contributed by atoms with Crippen LogP contribution in [0.5, 0.6) is 0 Å². The van der Waals surface area contributed by atoms with E-state index in [1.807, 2.05) is 26.0 Å². The molecule has 3 rings (SSSR count). The number of amides is 1. The predicted octanol–water partition coefficient (Wildman–Crippen LogP) is 2.57. The molecular formula is C18H20N2O3S. The molecule has 1 aromatic heterocycles. The SMILES string of the molecule is Cc1cccnc1[C@H](C)NC(=O)C1(S(=O)(=O)c2ccccc2)CC1. The average Bonchev–Trinajstić information content (AvgIpc) is 3.38. The lowest BCUT2D eigenvalue weighted by atomic mass is 10.1. The second-order valence-corrected chi connectivity index (χ2v) is 8.47. The lowest BCUT2D eigenvalue weighted by Gasteiger charge is -2.20. The first-order chi connectivity index (χ1) is 11.4. The fraction of sp³-hybridized carbons (Fsp3) is 0.333. The molecule has 1 fully saturated rings. The Morgan fingerprint density at radius 2 is 1.83 bits per heavy atom. The first-order valence-corrected chi connectivity index (χ1v) is 9.39. The maximum Gasteiger partial charge on any atom is 0.242 e. The van der Waals surface area contributed by atoms with E-state index in [1.165, 1.54) is 12.1 Å². The molecule has 1 heterocycles. The van der Waals surface area contributed by atoms with Crippen molar-refractivity contribution in [2.75, 3.05) is 0 Å². The molecule has 1 amide bonds. The van der Waals surface area contributed by atoms with Crippen molar-refractivity contribution in [1.29, 1.82) is 0 Å². The van der Waals surface area contributed by atoms with E-state index in [9.17, 15) is 13.2 Å². The number of rotatable bonds is 5. The minimum atomic E-state index is -3.70. The van der Waals surface area contributed by atoms with E-state index in [0.29, 0.717) is 12.8 Å². The lowest BCUT2D eigenvalue weighted by molar-refractivity contribution is -0.122. The van der Waals surface area contributed by atoms with E-state index < -0.39 is 20.5 Å². The Balaban J connectivity index is 1.84. The highest BCUT2D eigenvalue weighted by Crippen LogP contribution is 2.47. The Kier molecular flexibility index (Phi) is 4.17. The number of hydrogen-bond acceptors (Lipinski definition) is 4. The Morgan fingerprint density at radius 3 is 2.42 bits per heavy atom. The summed E-state index contributed by atoms with van der Waals surface area (Å²) >= 11 is 0. The van der Waals surface area contributed by atoms with Crippen molar-refractivity contribution in [1.82, 2.24) is 10.3 Å². The Hall–Kier alpha value is -2.21. The first-order valence-electron chi connectivity index (χ1n) is 7.91. The molecule has 1 saturated carbocycles. The van der Waals surface area contributed by atoms with Crippen molar-refractivity contribution >= 4 is 15.7 Å². The van der Waals surface area contributed by atoms with Crippen LogP contribution in [-0.2, 0) is 14.6 Å². The Morgan fingerprint density at radius 1 is 1.17 bits per heavy atom. The summed E-state index contributed by atoms with van der Waals surface area (Å²) in [6.45, 7) is 3.73. The summed E-state index contributed by atoms with van der Waals surface area (Å²) in [4.78, 5) is 17.2. The molecule has 6 heteroatoms. The second kappa shape index (κ2) is 6.02. The third-order valence-corrected chi connectivity index (χ3v) is 7.01. The standard InChI is InChI=1S/C18H20N2O3S/c1-13-7-6-12-19-16(13)14(2)20-17(21)18(10-11-18)24(22,23)15-8-4-3-5-9-15/h3-9,12,14H,10-11H2,1-2H3,(H,20,21)/t14-/m0/s1. The molecule has 0 saturated heterocycles. The van der Waals surface area contributed by atoms with E-state index in [-0.39, 0.29) is 10.9 Å². The van der Waals surface area contributed by atoms with E-state index in [1.54, 1.807) is 24.4 Å². The van der Waals surface area contributed by atoms with Crippen LogP contribution >= 0.6 is 0 Å². The summed E-state index contributed by atoms with van der Waals surface area (Å²) in [6.07, 6.45) is 2.37. The molecule has 1 N–H and O–H groups in total. The summed E-state index contributed by atoms with van der Waals surface area (Å²) in [5, 5.41) is 2.84. The molecule has 1 atom stereocenters. The van der Waals surface area contributed by atoms with Gasteiger partial charge in [0, 0.05) is 6.20 Å². The zero-order chi connectivity index (χ0) is 17.4. The summed E-state index contributed by atoms with van der Waals surface area (Å²) in [6, 6.07) is 11.6. The number of sulfone groups is 1. The van der Waals surface area contributed by atoms with Crippen LogP contribution in [0.1, 0.15) is 37.1 Å². The van der Waals surface area contributed by atoms with Crippen LogP contribution < -0.4 is 5.32 Å². The summed E-state index contributed by atoms with van der Waals surface area (Å²) in [5.74, 6) is -0.441. The normalized spacial score (nSPS) is 17.1. The van der Waals surface area contributed by atoms with Gasteiger partial charge in [0.2, 0.25) is 5.91 Å². The van der Waals surface area contributed by atoms with Gasteiger partial charge in [-0.2, -0.15) is 0 Å². The minimum absolute atomic E-state index is 0.194. The third-order valence-electron chi connectivity index (χ3n) is 4.49. The van der Waals surface area contributed by atoms with Crippen molar-refractivity contribution < 1.29 is 13.2 Å². The van der Waals surface area contributed by atoms with Crippen molar-refractivity contribution in [3.63, 3.8) is 0 Å². The maximum absolute atomic E-state index is 12.9.